The predicted molar refractivity (Wildman–Crippen MR) is 83.6 cm³/mol. The van der Waals surface area contributed by atoms with Crippen molar-refractivity contribution in [2.75, 3.05) is 0 Å². The van der Waals surface area contributed by atoms with Crippen LogP contribution in [0.2, 0.25) is 0 Å². The quantitative estimate of drug-likeness (QED) is 0.781. The topological polar surface area (TPSA) is 70.1 Å². The second kappa shape index (κ2) is 6.31. The fraction of sp³-hybridized carbons (Fsp3) is 0.0588. The average molecular weight is 347 g/mol. The molecule has 1 heterocycles. The first-order valence-corrected chi connectivity index (χ1v) is 7.14. The first kappa shape index (κ1) is 16.6. The number of aromatic nitrogens is 2. The lowest BCUT2D eigenvalue weighted by Gasteiger charge is -2.10. The maximum atomic E-state index is 12.8. The molecule has 0 saturated carbocycles. The number of amides is 1. The van der Waals surface area contributed by atoms with Crippen LogP contribution >= 0.6 is 0 Å². The molecule has 3 rings (SSSR count). The Morgan fingerprint density at radius 1 is 1.08 bits per heavy atom. The zero-order chi connectivity index (χ0) is 18.0. The van der Waals surface area contributed by atoms with Crippen molar-refractivity contribution in [3.63, 3.8) is 0 Å². The van der Waals surface area contributed by atoms with Crippen LogP contribution in [0.5, 0.6) is 11.5 Å². The lowest BCUT2D eigenvalue weighted by atomic mass is 10.2. The van der Waals surface area contributed by atoms with Crippen LogP contribution in [0.25, 0.3) is 5.69 Å². The van der Waals surface area contributed by atoms with Gasteiger partial charge in [0, 0.05) is 0 Å². The Morgan fingerprint density at radius 3 is 2.44 bits per heavy atom. The van der Waals surface area contributed by atoms with Crippen molar-refractivity contribution in [3.05, 3.63) is 72.1 Å². The molecule has 2 N–H and O–H groups in total. The number of nitrogens with two attached hydrogens (primary N) is 1. The van der Waals surface area contributed by atoms with Crippen LogP contribution in [-0.2, 0) is 6.18 Å². The largest absolute Gasteiger partial charge is 0.453 e. The van der Waals surface area contributed by atoms with E-state index in [9.17, 15) is 18.0 Å². The zero-order valence-electron chi connectivity index (χ0n) is 12.7. The first-order valence-electron chi connectivity index (χ1n) is 7.14. The molecule has 0 spiro atoms. The number of benzene rings is 2. The number of ether oxygens (including phenoxy) is 1. The number of hydrogen-bond acceptors (Lipinski definition) is 3. The number of halogens is 3. The molecular formula is C17H12F3N3O2. The van der Waals surface area contributed by atoms with Crippen LogP contribution in [0.4, 0.5) is 13.2 Å². The summed E-state index contributed by atoms with van der Waals surface area (Å²) in [7, 11) is 0. The van der Waals surface area contributed by atoms with Crippen molar-refractivity contribution in [2.45, 2.75) is 6.18 Å². The van der Waals surface area contributed by atoms with E-state index in [1.54, 1.807) is 30.3 Å². The minimum absolute atomic E-state index is 0.0318. The van der Waals surface area contributed by atoms with Gasteiger partial charge in [-0.15, -0.1) is 0 Å². The van der Waals surface area contributed by atoms with Crippen LogP contribution < -0.4 is 10.5 Å². The number of primary amides is 1. The van der Waals surface area contributed by atoms with E-state index in [4.69, 9.17) is 10.5 Å². The molecule has 0 aliphatic carbocycles. The molecule has 8 heteroatoms. The molecule has 2 aromatic carbocycles. The Labute approximate surface area is 140 Å². The molecule has 5 nitrogen and oxygen atoms in total. The second-order valence-electron chi connectivity index (χ2n) is 5.10. The standard InChI is InChI=1S/C17H12F3N3O2/c18-17(19,20)11-5-4-8-13(9-11)25-14-10-22-23(15(14)16(21)24)12-6-2-1-3-7-12/h1-10H,(H2,21,24). The molecule has 0 fully saturated rings. The van der Waals surface area contributed by atoms with Crippen LogP contribution in [0.3, 0.4) is 0 Å². The molecule has 1 aromatic heterocycles. The number of nitrogens with zero attached hydrogens (tertiary/aromatic N) is 2. The van der Waals surface area contributed by atoms with Crippen molar-refractivity contribution in [1.82, 2.24) is 9.78 Å². The summed E-state index contributed by atoms with van der Waals surface area (Å²) in [5.74, 6) is -0.927. The van der Waals surface area contributed by atoms with Gasteiger partial charge >= 0.3 is 6.18 Å². The molecule has 0 saturated heterocycles. The highest BCUT2D eigenvalue weighted by molar-refractivity contribution is 5.94. The average Bonchev–Trinajstić information content (AvgIpc) is 2.99. The van der Waals surface area contributed by atoms with E-state index in [1.165, 1.54) is 23.0 Å². The molecule has 128 valence electrons. The Kier molecular flexibility index (Phi) is 4.18. The number of hydrogen-bond donors (Lipinski definition) is 1. The lowest BCUT2D eigenvalue weighted by molar-refractivity contribution is -0.137. The van der Waals surface area contributed by atoms with Crippen molar-refractivity contribution >= 4 is 5.91 Å². The molecule has 0 aliphatic rings. The molecule has 0 atom stereocenters. The van der Waals surface area contributed by atoms with Crippen LogP contribution in [0, 0.1) is 0 Å². The Bertz CT molecular complexity index is 905. The normalized spacial score (nSPS) is 11.3. The third kappa shape index (κ3) is 3.47. The van der Waals surface area contributed by atoms with Crippen molar-refractivity contribution < 1.29 is 22.7 Å². The fourth-order valence-corrected chi connectivity index (χ4v) is 2.26. The highest BCUT2D eigenvalue weighted by atomic mass is 19.4. The molecule has 0 radical (unpaired) electrons. The number of rotatable bonds is 4. The van der Waals surface area contributed by atoms with Gasteiger partial charge in [0.1, 0.15) is 5.75 Å². The minimum Gasteiger partial charge on any atom is -0.453 e. The summed E-state index contributed by atoms with van der Waals surface area (Å²) in [5, 5.41) is 4.04. The minimum atomic E-state index is -4.50. The zero-order valence-corrected chi connectivity index (χ0v) is 12.7. The summed E-state index contributed by atoms with van der Waals surface area (Å²) in [6.45, 7) is 0. The number of carbonyl (C=O) groups excluding carboxylic acids is 1. The van der Waals surface area contributed by atoms with Crippen LogP contribution in [-0.4, -0.2) is 15.7 Å². The van der Waals surface area contributed by atoms with E-state index in [1.807, 2.05) is 0 Å². The Balaban J connectivity index is 1.99. The summed E-state index contributed by atoms with van der Waals surface area (Å²) in [6, 6.07) is 13.0. The van der Waals surface area contributed by atoms with Crippen molar-refractivity contribution in [3.8, 4) is 17.2 Å². The SMILES string of the molecule is NC(=O)c1c(Oc2cccc(C(F)(F)F)c2)cnn1-c1ccccc1. The maximum absolute atomic E-state index is 12.8. The van der Waals surface area contributed by atoms with Crippen LogP contribution in [0.15, 0.2) is 60.8 Å². The molecular weight excluding hydrogens is 335 g/mol. The van der Waals surface area contributed by atoms with Gasteiger partial charge in [0.25, 0.3) is 5.91 Å². The van der Waals surface area contributed by atoms with Gasteiger partial charge in [-0.05, 0) is 30.3 Å². The molecule has 3 aromatic rings. The van der Waals surface area contributed by atoms with Gasteiger partial charge < -0.3 is 10.5 Å². The lowest BCUT2D eigenvalue weighted by Crippen LogP contribution is -2.17. The second-order valence-corrected chi connectivity index (χ2v) is 5.10. The molecule has 25 heavy (non-hydrogen) atoms. The van der Waals surface area contributed by atoms with Crippen LogP contribution in [0.1, 0.15) is 16.1 Å². The fourth-order valence-electron chi connectivity index (χ4n) is 2.26. The first-order chi connectivity index (χ1) is 11.9. The Hall–Kier alpha value is -3.29. The maximum Gasteiger partial charge on any atom is 0.416 e. The van der Waals surface area contributed by atoms with Gasteiger partial charge in [-0.25, -0.2) is 4.68 Å². The highest BCUT2D eigenvalue weighted by Gasteiger charge is 2.31. The smallest absolute Gasteiger partial charge is 0.416 e. The van der Waals surface area contributed by atoms with Gasteiger partial charge in [0.05, 0.1) is 17.4 Å². The third-order valence-electron chi connectivity index (χ3n) is 3.36. The molecule has 0 aliphatic heterocycles. The summed E-state index contributed by atoms with van der Waals surface area (Å²) in [4.78, 5) is 11.8. The molecule has 0 unspecified atom stereocenters. The Morgan fingerprint density at radius 2 is 1.80 bits per heavy atom. The predicted octanol–water partition coefficient (Wildman–Crippen LogP) is 3.78. The number of carbonyl (C=O) groups is 1. The van der Waals surface area contributed by atoms with Gasteiger partial charge in [-0.1, -0.05) is 24.3 Å². The summed E-state index contributed by atoms with van der Waals surface area (Å²) in [6.07, 6.45) is -3.27. The van der Waals surface area contributed by atoms with E-state index in [-0.39, 0.29) is 17.2 Å². The van der Waals surface area contributed by atoms with Gasteiger partial charge in [0.15, 0.2) is 11.4 Å². The van der Waals surface area contributed by atoms with Gasteiger partial charge in [-0.3, -0.25) is 4.79 Å². The third-order valence-corrected chi connectivity index (χ3v) is 3.36. The summed E-state index contributed by atoms with van der Waals surface area (Å²) >= 11 is 0. The van der Waals surface area contributed by atoms with Crippen molar-refractivity contribution in [2.24, 2.45) is 5.73 Å². The van der Waals surface area contributed by atoms with Crippen molar-refractivity contribution in [1.29, 1.82) is 0 Å². The van der Waals surface area contributed by atoms with Gasteiger partial charge in [-0.2, -0.15) is 18.3 Å². The highest BCUT2D eigenvalue weighted by Crippen LogP contribution is 2.33. The number of alkyl halides is 3. The summed E-state index contributed by atoms with van der Waals surface area (Å²) < 4.78 is 45.1. The van der Waals surface area contributed by atoms with Gasteiger partial charge in [0.2, 0.25) is 0 Å². The summed E-state index contributed by atoms with van der Waals surface area (Å²) in [5.41, 5.74) is 5.03. The van der Waals surface area contributed by atoms with E-state index >= 15 is 0 Å². The van der Waals surface area contributed by atoms with E-state index in [2.05, 4.69) is 5.10 Å². The van der Waals surface area contributed by atoms with E-state index in [0.717, 1.165) is 12.1 Å². The molecule has 0 bridgehead atoms. The monoisotopic (exact) mass is 347 g/mol. The number of para-hydroxylation sites is 1. The molecule has 1 amide bonds. The van der Waals surface area contributed by atoms with E-state index < -0.39 is 17.6 Å². The van der Waals surface area contributed by atoms with E-state index in [0.29, 0.717) is 5.69 Å².